The number of fused-ring (bicyclic) bond motifs is 2. The van der Waals surface area contributed by atoms with Crippen molar-refractivity contribution in [1.29, 1.82) is 0 Å². The minimum absolute atomic E-state index is 0.00230. The molecular weight excluding hydrogens is 428 g/mol. The van der Waals surface area contributed by atoms with E-state index >= 15 is 0 Å². The number of aromatic nitrogens is 5. The van der Waals surface area contributed by atoms with Crippen LogP contribution in [0.2, 0.25) is 0 Å². The lowest BCUT2D eigenvalue weighted by Crippen LogP contribution is -2.41. The van der Waals surface area contributed by atoms with Gasteiger partial charge in [0.15, 0.2) is 0 Å². The highest BCUT2D eigenvalue weighted by atomic mass is 16.2. The van der Waals surface area contributed by atoms with E-state index in [0.717, 1.165) is 40.0 Å². The molecule has 4 aromatic rings. The normalized spacial score (nSPS) is 15.5. The Morgan fingerprint density at radius 3 is 2.82 bits per heavy atom. The summed E-state index contributed by atoms with van der Waals surface area (Å²) in [4.78, 5) is 37.2. The lowest BCUT2D eigenvalue weighted by Gasteiger charge is -2.31. The van der Waals surface area contributed by atoms with E-state index in [9.17, 15) is 9.59 Å². The number of rotatable bonds is 5. The Kier molecular flexibility index (Phi) is 5.01. The minimum Gasteiger partial charge on any atom is -0.336 e. The van der Waals surface area contributed by atoms with Crippen LogP contribution in [0.1, 0.15) is 29.8 Å². The van der Waals surface area contributed by atoms with E-state index in [-0.39, 0.29) is 18.0 Å². The third-order valence-electron chi connectivity index (χ3n) is 6.89. The molecule has 0 atom stereocenters. The van der Waals surface area contributed by atoms with E-state index < -0.39 is 0 Å². The van der Waals surface area contributed by atoms with E-state index in [0.29, 0.717) is 31.0 Å². The van der Waals surface area contributed by atoms with Crippen LogP contribution in [0.15, 0.2) is 53.8 Å². The van der Waals surface area contributed by atoms with Gasteiger partial charge in [-0.05, 0) is 55.0 Å². The molecule has 8 nitrogen and oxygen atoms in total. The van der Waals surface area contributed by atoms with Gasteiger partial charge in [0.2, 0.25) is 5.91 Å². The van der Waals surface area contributed by atoms with Crippen molar-refractivity contribution in [2.24, 2.45) is 5.92 Å². The molecule has 0 N–H and O–H groups in total. The molecule has 0 spiro atoms. The Balaban J connectivity index is 1.43. The van der Waals surface area contributed by atoms with Gasteiger partial charge < -0.3 is 9.47 Å². The molecule has 34 heavy (non-hydrogen) atoms. The van der Waals surface area contributed by atoms with Crippen molar-refractivity contribution in [3.63, 3.8) is 0 Å². The smallest absolute Gasteiger partial charge is 0.258 e. The van der Waals surface area contributed by atoms with Crippen LogP contribution in [0.5, 0.6) is 0 Å². The fraction of sp³-hybridized carbons (Fsp3) is 0.346. The summed E-state index contributed by atoms with van der Waals surface area (Å²) < 4.78 is 3.53. The van der Waals surface area contributed by atoms with Gasteiger partial charge in [0.05, 0.1) is 5.52 Å². The van der Waals surface area contributed by atoms with Crippen LogP contribution in [0, 0.1) is 12.8 Å². The Labute approximate surface area is 196 Å². The predicted molar refractivity (Wildman–Crippen MR) is 128 cm³/mol. The zero-order valence-electron chi connectivity index (χ0n) is 19.1. The first-order valence-corrected chi connectivity index (χ1v) is 11.8. The monoisotopic (exact) mass is 454 g/mol. The van der Waals surface area contributed by atoms with E-state index in [1.54, 1.807) is 11.0 Å². The van der Waals surface area contributed by atoms with Gasteiger partial charge in [-0.3, -0.25) is 14.6 Å². The lowest BCUT2D eigenvalue weighted by atomic mass is 9.96. The van der Waals surface area contributed by atoms with Crippen LogP contribution in [-0.2, 0) is 30.8 Å². The van der Waals surface area contributed by atoms with E-state index in [2.05, 4.69) is 15.1 Å². The van der Waals surface area contributed by atoms with Crippen LogP contribution in [0.3, 0.4) is 0 Å². The van der Waals surface area contributed by atoms with Crippen LogP contribution in [0.25, 0.3) is 22.0 Å². The van der Waals surface area contributed by atoms with Crippen molar-refractivity contribution in [2.45, 2.75) is 45.8 Å². The SMILES string of the molecule is Cc1ccc2c(-c3cc4c(n(CC5CC5)c3=O)CCN(C(=O)Cn3cncn3)C4)cccc2n1. The van der Waals surface area contributed by atoms with E-state index in [1.807, 2.05) is 52.8 Å². The number of carbonyl (C=O) groups is 1. The molecule has 1 fully saturated rings. The van der Waals surface area contributed by atoms with Gasteiger partial charge in [-0.1, -0.05) is 18.2 Å². The number of carbonyl (C=O) groups excluding carboxylic acids is 1. The number of benzene rings is 1. The predicted octanol–water partition coefficient (Wildman–Crippen LogP) is 2.96. The molecule has 1 aromatic carbocycles. The van der Waals surface area contributed by atoms with Crippen LogP contribution < -0.4 is 5.56 Å². The van der Waals surface area contributed by atoms with Crippen LogP contribution >= 0.6 is 0 Å². The summed E-state index contributed by atoms with van der Waals surface area (Å²) in [5.74, 6) is 0.573. The molecule has 1 saturated carbocycles. The average molecular weight is 455 g/mol. The summed E-state index contributed by atoms with van der Waals surface area (Å²) in [6.07, 6.45) is 6.01. The summed E-state index contributed by atoms with van der Waals surface area (Å²) in [5, 5.41) is 5.03. The van der Waals surface area contributed by atoms with Gasteiger partial charge in [0.1, 0.15) is 19.2 Å². The molecule has 0 bridgehead atoms. The topological polar surface area (TPSA) is 85.9 Å². The largest absolute Gasteiger partial charge is 0.336 e. The molecule has 0 radical (unpaired) electrons. The van der Waals surface area contributed by atoms with Crippen molar-refractivity contribution in [3.8, 4) is 11.1 Å². The first-order valence-electron chi connectivity index (χ1n) is 11.8. The van der Waals surface area contributed by atoms with Gasteiger partial charge in [0.25, 0.3) is 5.56 Å². The highest BCUT2D eigenvalue weighted by Gasteiger charge is 2.29. The number of pyridine rings is 2. The van der Waals surface area contributed by atoms with E-state index in [4.69, 9.17) is 0 Å². The third kappa shape index (κ3) is 3.79. The molecule has 1 amide bonds. The van der Waals surface area contributed by atoms with Gasteiger partial charge in [-0.25, -0.2) is 9.67 Å². The number of amides is 1. The molecular formula is C26H26N6O2. The zero-order chi connectivity index (χ0) is 23.2. The second-order valence-electron chi connectivity index (χ2n) is 9.37. The molecule has 1 aliphatic carbocycles. The Hall–Kier alpha value is -3.81. The van der Waals surface area contributed by atoms with Crippen LogP contribution in [0.4, 0.5) is 0 Å². The van der Waals surface area contributed by atoms with Crippen molar-refractivity contribution >= 4 is 16.8 Å². The maximum absolute atomic E-state index is 13.8. The average Bonchev–Trinajstić information content (AvgIpc) is 3.52. The molecule has 2 aliphatic rings. The second-order valence-corrected chi connectivity index (χ2v) is 9.37. The van der Waals surface area contributed by atoms with Crippen molar-refractivity contribution < 1.29 is 4.79 Å². The summed E-state index contributed by atoms with van der Waals surface area (Å²) in [6.45, 7) is 3.98. The zero-order valence-corrected chi connectivity index (χ0v) is 19.1. The summed E-state index contributed by atoms with van der Waals surface area (Å²) in [6, 6.07) is 12.0. The van der Waals surface area contributed by atoms with Gasteiger partial charge in [-0.15, -0.1) is 0 Å². The molecule has 0 unspecified atom stereocenters. The van der Waals surface area contributed by atoms with Gasteiger partial charge in [0, 0.05) is 48.4 Å². The molecule has 172 valence electrons. The maximum Gasteiger partial charge on any atom is 0.258 e. The quantitative estimate of drug-likeness (QED) is 0.463. The van der Waals surface area contributed by atoms with Crippen molar-refractivity contribution in [1.82, 2.24) is 29.2 Å². The Bertz CT molecular complexity index is 1450. The first kappa shape index (κ1) is 20.8. The van der Waals surface area contributed by atoms with E-state index in [1.165, 1.54) is 19.2 Å². The fourth-order valence-corrected chi connectivity index (χ4v) is 4.92. The molecule has 3 aromatic heterocycles. The number of nitrogens with zero attached hydrogens (tertiary/aromatic N) is 6. The number of hydrogen-bond donors (Lipinski definition) is 0. The third-order valence-corrected chi connectivity index (χ3v) is 6.89. The lowest BCUT2D eigenvalue weighted by molar-refractivity contribution is -0.133. The van der Waals surface area contributed by atoms with Crippen molar-refractivity contribution in [2.75, 3.05) is 6.54 Å². The highest BCUT2D eigenvalue weighted by molar-refractivity contribution is 5.94. The first-order chi connectivity index (χ1) is 16.6. The molecule has 0 saturated heterocycles. The summed E-state index contributed by atoms with van der Waals surface area (Å²) in [5.41, 5.74) is 5.58. The Morgan fingerprint density at radius 2 is 2.03 bits per heavy atom. The minimum atomic E-state index is 0.00230. The standard InChI is InChI=1S/C26H26N6O2/c1-17-5-8-21-20(3-2-4-23(21)29-17)22-11-19-13-30(25(33)14-31-16-27-15-28-31)10-9-24(19)32(26(22)34)12-18-6-7-18/h2-5,8,11,15-16,18H,6-7,9-10,12-14H2,1H3. The van der Waals surface area contributed by atoms with Gasteiger partial charge in [-0.2, -0.15) is 5.10 Å². The summed E-state index contributed by atoms with van der Waals surface area (Å²) in [7, 11) is 0. The maximum atomic E-state index is 13.8. The van der Waals surface area contributed by atoms with Crippen LogP contribution in [-0.4, -0.2) is 41.7 Å². The molecule has 1 aliphatic heterocycles. The highest BCUT2D eigenvalue weighted by Crippen LogP contribution is 2.33. The fourth-order valence-electron chi connectivity index (χ4n) is 4.92. The Morgan fingerprint density at radius 1 is 1.15 bits per heavy atom. The van der Waals surface area contributed by atoms with Crippen molar-refractivity contribution in [3.05, 3.63) is 76.4 Å². The van der Waals surface area contributed by atoms with Gasteiger partial charge >= 0.3 is 0 Å². The number of hydrogen-bond acceptors (Lipinski definition) is 5. The molecule has 8 heteroatoms. The second kappa shape index (κ2) is 8.20. The number of aryl methyl sites for hydroxylation is 1. The molecule has 6 rings (SSSR count). The molecule has 4 heterocycles. The summed E-state index contributed by atoms with van der Waals surface area (Å²) >= 11 is 0.